The molecule has 4 heterocycles. The predicted molar refractivity (Wildman–Crippen MR) is 147 cm³/mol. The molecule has 38 heavy (non-hydrogen) atoms. The molecule has 10 heteroatoms. The van der Waals surface area contributed by atoms with Crippen molar-refractivity contribution >= 4 is 29.5 Å². The zero-order chi connectivity index (χ0) is 27.3. The molecule has 4 fully saturated rings. The number of aliphatic hydroxyl groups is 1. The number of rotatable bonds is 14. The summed E-state index contributed by atoms with van der Waals surface area (Å²) in [5, 5.41) is 9.84. The molecule has 0 aromatic heterocycles. The number of carbonyl (C=O) groups is 3. The average molecular weight is 550 g/mol. The van der Waals surface area contributed by atoms with E-state index in [0.717, 1.165) is 38.8 Å². The number of allylic oxidation sites excluding steroid dienone is 1. The highest BCUT2D eigenvalue weighted by molar-refractivity contribution is 8.02. The summed E-state index contributed by atoms with van der Waals surface area (Å²) in [4.78, 5) is 47.2. The van der Waals surface area contributed by atoms with Gasteiger partial charge in [-0.25, -0.2) is 0 Å². The highest BCUT2D eigenvalue weighted by atomic mass is 32.2. The zero-order valence-electron chi connectivity index (χ0n) is 22.6. The number of unbranched alkanes of at least 4 members (excludes halogenated alkanes) is 2. The maximum Gasteiger partial charge on any atom is 0.311 e. The van der Waals surface area contributed by atoms with Crippen LogP contribution in [-0.2, 0) is 23.9 Å². The lowest BCUT2D eigenvalue weighted by atomic mass is 9.66. The van der Waals surface area contributed by atoms with Gasteiger partial charge in [-0.1, -0.05) is 12.2 Å². The number of aliphatic hydroxyl groups excluding tert-OH is 1. The van der Waals surface area contributed by atoms with Crippen molar-refractivity contribution in [1.29, 1.82) is 0 Å². The van der Waals surface area contributed by atoms with Crippen LogP contribution < -0.4 is 0 Å². The summed E-state index contributed by atoms with van der Waals surface area (Å²) < 4.78 is 9.98. The summed E-state index contributed by atoms with van der Waals surface area (Å²) >= 11 is 1.63. The van der Waals surface area contributed by atoms with Crippen molar-refractivity contribution in [3.05, 3.63) is 25.3 Å². The third-order valence-corrected chi connectivity index (χ3v) is 10.6. The minimum Gasteiger partial charge on any atom is -0.465 e. The van der Waals surface area contributed by atoms with Gasteiger partial charge in [0.15, 0.2) is 0 Å². The predicted octanol–water partition coefficient (Wildman–Crippen LogP) is 1.71. The normalized spacial score (nSPS) is 32.3. The minimum absolute atomic E-state index is 0.0689. The van der Waals surface area contributed by atoms with Crippen LogP contribution in [0.15, 0.2) is 25.3 Å². The van der Waals surface area contributed by atoms with E-state index in [-0.39, 0.29) is 30.9 Å². The fourth-order valence-corrected chi connectivity index (χ4v) is 9.11. The Balaban J connectivity index is 1.56. The first kappa shape index (κ1) is 29.1. The van der Waals surface area contributed by atoms with E-state index in [1.165, 1.54) is 0 Å². The van der Waals surface area contributed by atoms with E-state index in [4.69, 9.17) is 9.47 Å². The second-order valence-corrected chi connectivity index (χ2v) is 12.9. The van der Waals surface area contributed by atoms with Crippen molar-refractivity contribution in [2.45, 2.75) is 54.6 Å². The Labute approximate surface area is 230 Å². The highest BCUT2D eigenvalue weighted by Gasteiger charge is 2.77. The number of β-amino-alcohol motifs (C(OH)–C–C–N with tert-alkyl or cyclic N) is 1. The number of hydrogen-bond acceptors (Lipinski definition) is 8. The van der Waals surface area contributed by atoms with Crippen molar-refractivity contribution in [3.8, 4) is 0 Å². The standard InChI is InChI=1S/C28H43N3O6S/c1-4-6-7-8-18-37-26(35)22-21-24(33)31(14-17-32)23(28(21)10-9-27(22,3)38-28)25(34)30(11-5-2)13-12-29-15-19-36-20-16-29/h4-5,21-23,32H,1-2,6-20H2,3H3/t21-,22+,23?,27-,28?/m0/s1. The quantitative estimate of drug-likeness (QED) is 0.199. The van der Waals surface area contributed by atoms with E-state index >= 15 is 0 Å². The Morgan fingerprint density at radius 1 is 1.21 bits per heavy atom. The molecule has 2 bridgehead atoms. The van der Waals surface area contributed by atoms with Gasteiger partial charge in [0.05, 0.1) is 43.0 Å². The Morgan fingerprint density at radius 3 is 2.66 bits per heavy atom. The third-order valence-electron chi connectivity index (χ3n) is 8.60. The van der Waals surface area contributed by atoms with Crippen LogP contribution in [-0.4, -0.2) is 119 Å². The fraction of sp³-hybridized carbons (Fsp3) is 0.750. The van der Waals surface area contributed by atoms with Crippen LogP contribution in [0.4, 0.5) is 0 Å². The molecule has 4 aliphatic rings. The van der Waals surface area contributed by atoms with Gasteiger partial charge < -0.3 is 24.4 Å². The molecule has 2 unspecified atom stereocenters. The van der Waals surface area contributed by atoms with E-state index in [1.807, 2.05) is 13.0 Å². The molecule has 1 N–H and O–H groups in total. The molecular weight excluding hydrogens is 506 g/mol. The van der Waals surface area contributed by atoms with Gasteiger partial charge in [0.2, 0.25) is 11.8 Å². The first-order valence-electron chi connectivity index (χ1n) is 13.9. The highest BCUT2D eigenvalue weighted by Crippen LogP contribution is 2.71. The van der Waals surface area contributed by atoms with Crippen LogP contribution in [0.3, 0.4) is 0 Å². The molecule has 5 atom stereocenters. The monoisotopic (exact) mass is 549 g/mol. The van der Waals surface area contributed by atoms with Crippen LogP contribution in [0.25, 0.3) is 0 Å². The second kappa shape index (κ2) is 12.5. The van der Waals surface area contributed by atoms with Crippen molar-refractivity contribution in [2.75, 3.05) is 65.7 Å². The average Bonchev–Trinajstić information content (AvgIpc) is 3.47. The Bertz CT molecular complexity index is 911. The van der Waals surface area contributed by atoms with Crippen LogP contribution in [0.2, 0.25) is 0 Å². The van der Waals surface area contributed by atoms with E-state index in [1.54, 1.807) is 27.6 Å². The number of likely N-dealkylation sites (tertiary alicyclic amines) is 1. The first-order valence-corrected chi connectivity index (χ1v) is 14.7. The molecule has 1 spiro atoms. The lowest BCUT2D eigenvalue weighted by Crippen LogP contribution is -2.56. The SMILES string of the molecule is C=CCCCCOC(=O)[C@H]1[C@H]2C(=O)N(CCO)C(C(=O)N(CC=C)CCN3CCOCC3)C23CC[C@]1(C)S3. The zero-order valence-corrected chi connectivity index (χ0v) is 23.5. The molecule has 4 saturated heterocycles. The molecule has 0 aliphatic carbocycles. The topological polar surface area (TPSA) is 99.6 Å². The number of ether oxygens (including phenoxy) is 2. The van der Waals surface area contributed by atoms with Crippen LogP contribution in [0.5, 0.6) is 0 Å². The summed E-state index contributed by atoms with van der Waals surface area (Å²) in [6, 6.07) is -0.728. The number of morpholine rings is 1. The van der Waals surface area contributed by atoms with Gasteiger partial charge in [-0.2, -0.15) is 0 Å². The smallest absolute Gasteiger partial charge is 0.311 e. The maximum absolute atomic E-state index is 14.2. The van der Waals surface area contributed by atoms with Crippen LogP contribution in [0, 0.1) is 11.8 Å². The number of hydrogen-bond donors (Lipinski definition) is 1. The Kier molecular flexibility index (Phi) is 9.60. The lowest BCUT2D eigenvalue weighted by molar-refractivity contribution is -0.155. The third kappa shape index (κ3) is 5.42. The van der Waals surface area contributed by atoms with Crippen LogP contribution >= 0.6 is 11.8 Å². The van der Waals surface area contributed by atoms with Gasteiger partial charge in [0.1, 0.15) is 6.04 Å². The number of fused-ring (bicyclic) bond motifs is 1. The molecular formula is C28H43N3O6S. The van der Waals surface area contributed by atoms with E-state index < -0.39 is 27.4 Å². The van der Waals surface area contributed by atoms with Gasteiger partial charge in [-0.05, 0) is 39.0 Å². The fourth-order valence-electron chi connectivity index (χ4n) is 6.77. The molecule has 4 aliphatic heterocycles. The van der Waals surface area contributed by atoms with Crippen molar-refractivity contribution in [2.24, 2.45) is 11.8 Å². The summed E-state index contributed by atoms with van der Waals surface area (Å²) in [6.07, 6.45) is 7.48. The van der Waals surface area contributed by atoms with E-state index in [0.29, 0.717) is 45.9 Å². The molecule has 0 radical (unpaired) electrons. The molecule has 4 rings (SSSR count). The Morgan fingerprint density at radius 2 is 1.97 bits per heavy atom. The maximum atomic E-state index is 14.2. The number of carbonyl (C=O) groups excluding carboxylic acids is 3. The summed E-state index contributed by atoms with van der Waals surface area (Å²) in [7, 11) is 0. The van der Waals surface area contributed by atoms with Gasteiger partial charge in [0, 0.05) is 44.0 Å². The molecule has 9 nitrogen and oxygen atoms in total. The van der Waals surface area contributed by atoms with Gasteiger partial charge in [-0.3, -0.25) is 19.3 Å². The molecule has 0 aromatic rings. The number of esters is 1. The Hall–Kier alpha value is -1.88. The second-order valence-electron chi connectivity index (χ2n) is 11.0. The van der Waals surface area contributed by atoms with Crippen molar-refractivity contribution in [3.63, 3.8) is 0 Å². The molecule has 2 amide bonds. The lowest BCUT2D eigenvalue weighted by Gasteiger charge is -2.38. The minimum atomic E-state index is -0.728. The van der Waals surface area contributed by atoms with Crippen LogP contribution in [0.1, 0.15) is 39.0 Å². The van der Waals surface area contributed by atoms with E-state index in [2.05, 4.69) is 18.1 Å². The number of nitrogens with zero attached hydrogens (tertiary/aromatic N) is 3. The summed E-state index contributed by atoms with van der Waals surface area (Å²) in [6.45, 7) is 14.4. The van der Waals surface area contributed by atoms with Gasteiger partial charge in [-0.15, -0.1) is 24.9 Å². The molecule has 0 saturated carbocycles. The van der Waals surface area contributed by atoms with Gasteiger partial charge >= 0.3 is 5.97 Å². The summed E-state index contributed by atoms with van der Waals surface area (Å²) in [5.41, 5.74) is 0. The van der Waals surface area contributed by atoms with Crippen molar-refractivity contribution in [1.82, 2.24) is 14.7 Å². The number of thioether (sulfide) groups is 1. The van der Waals surface area contributed by atoms with E-state index in [9.17, 15) is 19.5 Å². The number of amides is 2. The van der Waals surface area contributed by atoms with Crippen molar-refractivity contribution < 1.29 is 29.0 Å². The van der Waals surface area contributed by atoms with Gasteiger partial charge in [0.25, 0.3) is 0 Å². The molecule has 0 aromatic carbocycles. The summed E-state index contributed by atoms with van der Waals surface area (Å²) in [5.74, 6) is -1.91. The first-order chi connectivity index (χ1) is 18.3. The largest absolute Gasteiger partial charge is 0.465 e. The molecule has 212 valence electrons.